The van der Waals surface area contributed by atoms with E-state index in [0.29, 0.717) is 6.61 Å². The molecule has 0 aliphatic carbocycles. The molecule has 1 unspecified atom stereocenters. The van der Waals surface area contributed by atoms with E-state index in [1.807, 2.05) is 7.05 Å². The molecule has 0 radical (unpaired) electrons. The molecule has 0 fully saturated rings. The van der Waals surface area contributed by atoms with Gasteiger partial charge >= 0.3 is 0 Å². The quantitative estimate of drug-likeness (QED) is 0.910. The molecular formula is C17H24N2OS. The molecule has 114 valence electrons. The van der Waals surface area contributed by atoms with Crippen LogP contribution in [0.25, 0.3) is 0 Å². The minimum atomic E-state index is 0.0882. The van der Waals surface area contributed by atoms with Crippen LogP contribution < -0.4 is 5.32 Å². The van der Waals surface area contributed by atoms with Crippen LogP contribution in [-0.4, -0.2) is 19.1 Å². The number of benzene rings is 1. The fourth-order valence-electron chi connectivity index (χ4n) is 2.23. The predicted octanol–water partition coefficient (Wildman–Crippen LogP) is 3.90. The van der Waals surface area contributed by atoms with Crippen molar-refractivity contribution in [2.45, 2.75) is 38.8 Å². The van der Waals surface area contributed by atoms with Gasteiger partial charge in [0.25, 0.3) is 0 Å². The fourth-order valence-corrected chi connectivity index (χ4v) is 3.41. The first kappa shape index (κ1) is 16.1. The molecule has 1 atom stereocenters. The van der Waals surface area contributed by atoms with Gasteiger partial charge in [-0.1, -0.05) is 45.0 Å². The van der Waals surface area contributed by atoms with Crippen molar-refractivity contribution < 1.29 is 4.74 Å². The van der Waals surface area contributed by atoms with Crippen molar-refractivity contribution in [1.82, 2.24) is 10.3 Å². The maximum atomic E-state index is 5.22. The number of nitrogens with one attached hydrogen (secondary N) is 1. The van der Waals surface area contributed by atoms with Crippen molar-refractivity contribution in [3.63, 3.8) is 0 Å². The summed E-state index contributed by atoms with van der Waals surface area (Å²) in [5.41, 5.74) is 3.64. The summed E-state index contributed by atoms with van der Waals surface area (Å²) in [6.07, 6.45) is 0. The van der Waals surface area contributed by atoms with E-state index < -0.39 is 0 Å². The van der Waals surface area contributed by atoms with Crippen LogP contribution in [0.1, 0.15) is 48.6 Å². The average Bonchev–Trinajstić information content (AvgIpc) is 2.90. The molecule has 2 aromatic rings. The monoisotopic (exact) mass is 304 g/mol. The van der Waals surface area contributed by atoms with E-state index in [-0.39, 0.29) is 11.5 Å². The van der Waals surface area contributed by atoms with Gasteiger partial charge in [0.2, 0.25) is 0 Å². The maximum absolute atomic E-state index is 5.22. The number of nitrogens with zero attached hydrogens (tertiary/aromatic N) is 1. The normalized spacial score (nSPS) is 13.4. The molecule has 21 heavy (non-hydrogen) atoms. The zero-order valence-electron chi connectivity index (χ0n) is 13.4. The molecule has 1 N–H and O–H groups in total. The standard InChI is InChI=1S/C17H24N2OS/c1-17(2,3)14-11-21-16(19-14)15(18-4)13-8-6-7-12(9-13)10-20-5/h6-9,11,15,18H,10H2,1-5H3. The second-order valence-corrected chi connectivity index (χ2v) is 7.11. The van der Waals surface area contributed by atoms with Crippen molar-refractivity contribution in [3.8, 4) is 0 Å². The van der Waals surface area contributed by atoms with Crippen LogP contribution >= 0.6 is 11.3 Å². The lowest BCUT2D eigenvalue weighted by molar-refractivity contribution is 0.185. The summed E-state index contributed by atoms with van der Waals surface area (Å²) in [5, 5.41) is 6.65. The lowest BCUT2D eigenvalue weighted by Crippen LogP contribution is -2.19. The van der Waals surface area contributed by atoms with E-state index in [9.17, 15) is 0 Å². The number of ether oxygens (including phenoxy) is 1. The van der Waals surface area contributed by atoms with Gasteiger partial charge < -0.3 is 10.1 Å². The molecule has 2 rings (SSSR count). The highest BCUT2D eigenvalue weighted by atomic mass is 32.1. The van der Waals surface area contributed by atoms with Gasteiger partial charge in [0.05, 0.1) is 18.3 Å². The number of aromatic nitrogens is 1. The molecule has 0 saturated carbocycles. The van der Waals surface area contributed by atoms with Crippen molar-refractivity contribution in [1.29, 1.82) is 0 Å². The van der Waals surface area contributed by atoms with E-state index in [0.717, 1.165) is 10.7 Å². The number of hydrogen-bond acceptors (Lipinski definition) is 4. The third kappa shape index (κ3) is 3.90. The Kier molecular flexibility index (Phi) is 5.14. The maximum Gasteiger partial charge on any atom is 0.114 e. The summed E-state index contributed by atoms with van der Waals surface area (Å²) in [7, 11) is 3.70. The zero-order valence-corrected chi connectivity index (χ0v) is 14.3. The van der Waals surface area contributed by atoms with Crippen molar-refractivity contribution in [2.75, 3.05) is 14.2 Å². The Morgan fingerprint density at radius 2 is 2.10 bits per heavy atom. The molecule has 0 aliphatic rings. The second-order valence-electron chi connectivity index (χ2n) is 6.22. The Morgan fingerprint density at radius 3 is 2.67 bits per heavy atom. The van der Waals surface area contributed by atoms with E-state index >= 15 is 0 Å². The minimum absolute atomic E-state index is 0.0882. The summed E-state index contributed by atoms with van der Waals surface area (Å²) >= 11 is 1.72. The topological polar surface area (TPSA) is 34.1 Å². The van der Waals surface area contributed by atoms with E-state index in [4.69, 9.17) is 9.72 Å². The number of rotatable bonds is 5. The predicted molar refractivity (Wildman–Crippen MR) is 88.9 cm³/mol. The summed E-state index contributed by atoms with van der Waals surface area (Å²) in [6.45, 7) is 7.22. The third-order valence-electron chi connectivity index (χ3n) is 3.42. The highest BCUT2D eigenvalue weighted by molar-refractivity contribution is 7.09. The third-order valence-corrected chi connectivity index (χ3v) is 4.33. The zero-order chi connectivity index (χ0) is 15.5. The minimum Gasteiger partial charge on any atom is -0.380 e. The molecule has 1 aromatic heterocycles. The smallest absolute Gasteiger partial charge is 0.114 e. The van der Waals surface area contributed by atoms with E-state index in [2.05, 4.69) is 55.7 Å². The van der Waals surface area contributed by atoms with Gasteiger partial charge in [0.1, 0.15) is 5.01 Å². The van der Waals surface area contributed by atoms with Crippen molar-refractivity contribution >= 4 is 11.3 Å². The highest BCUT2D eigenvalue weighted by Crippen LogP contribution is 2.30. The number of hydrogen-bond donors (Lipinski definition) is 1. The van der Waals surface area contributed by atoms with Crippen LogP contribution in [-0.2, 0) is 16.8 Å². The molecule has 1 heterocycles. The Labute approximate surface area is 131 Å². The molecule has 3 nitrogen and oxygen atoms in total. The van der Waals surface area contributed by atoms with Gasteiger partial charge in [-0.05, 0) is 18.2 Å². The van der Waals surface area contributed by atoms with E-state index in [1.54, 1.807) is 18.4 Å². The first-order valence-electron chi connectivity index (χ1n) is 7.16. The first-order valence-corrected chi connectivity index (χ1v) is 8.04. The van der Waals surface area contributed by atoms with Crippen molar-refractivity contribution in [3.05, 3.63) is 51.5 Å². The van der Waals surface area contributed by atoms with Crippen molar-refractivity contribution in [2.24, 2.45) is 0 Å². The lowest BCUT2D eigenvalue weighted by atomic mass is 9.93. The second kappa shape index (κ2) is 6.69. The Morgan fingerprint density at radius 1 is 1.33 bits per heavy atom. The summed E-state index contributed by atoms with van der Waals surface area (Å²) in [6, 6.07) is 8.61. The SMILES string of the molecule is CNC(c1cccc(COC)c1)c1nc(C(C)(C)C)cs1. The molecule has 0 aliphatic heterocycles. The molecular weight excluding hydrogens is 280 g/mol. The Bertz CT molecular complexity index is 586. The molecule has 0 amide bonds. The molecule has 0 saturated heterocycles. The van der Waals surface area contributed by atoms with Gasteiger partial charge in [-0.15, -0.1) is 11.3 Å². The summed E-state index contributed by atoms with van der Waals surface area (Å²) in [5.74, 6) is 0. The highest BCUT2D eigenvalue weighted by Gasteiger charge is 2.21. The van der Waals surface area contributed by atoms with Gasteiger partial charge in [-0.2, -0.15) is 0 Å². The summed E-state index contributed by atoms with van der Waals surface area (Å²) in [4.78, 5) is 4.83. The van der Waals surface area contributed by atoms with Gasteiger partial charge in [0.15, 0.2) is 0 Å². The van der Waals surface area contributed by atoms with Crippen LogP contribution in [0.5, 0.6) is 0 Å². The molecule has 0 bridgehead atoms. The van der Waals surface area contributed by atoms with Crippen LogP contribution in [0.2, 0.25) is 0 Å². The van der Waals surface area contributed by atoms with Crippen LogP contribution in [0.4, 0.5) is 0 Å². The van der Waals surface area contributed by atoms with Gasteiger partial charge in [-0.3, -0.25) is 0 Å². The van der Waals surface area contributed by atoms with Gasteiger partial charge in [-0.25, -0.2) is 4.98 Å². The Balaban J connectivity index is 2.31. The summed E-state index contributed by atoms with van der Waals surface area (Å²) < 4.78 is 5.22. The number of methoxy groups -OCH3 is 1. The Hall–Kier alpha value is -1.23. The largest absolute Gasteiger partial charge is 0.380 e. The first-order chi connectivity index (χ1) is 9.95. The lowest BCUT2D eigenvalue weighted by Gasteiger charge is -2.17. The average molecular weight is 304 g/mol. The van der Waals surface area contributed by atoms with E-state index in [1.165, 1.54) is 11.1 Å². The fraction of sp³-hybridized carbons (Fsp3) is 0.471. The van der Waals surface area contributed by atoms with Gasteiger partial charge in [0, 0.05) is 17.9 Å². The van der Waals surface area contributed by atoms with Crippen LogP contribution in [0.3, 0.4) is 0 Å². The van der Waals surface area contributed by atoms with Crippen LogP contribution in [0.15, 0.2) is 29.6 Å². The molecule has 1 aromatic carbocycles. The molecule has 0 spiro atoms. The van der Waals surface area contributed by atoms with Crippen LogP contribution in [0, 0.1) is 0 Å². The number of thiazole rings is 1. The molecule has 4 heteroatoms.